The first-order valence-corrected chi connectivity index (χ1v) is 26.5. The van der Waals surface area contributed by atoms with Crippen molar-refractivity contribution < 1.29 is 4.42 Å². The molecule has 0 atom stereocenters. The predicted octanol–water partition coefficient (Wildman–Crippen LogP) is 16.8. The molecule has 11 rings (SSSR count). The zero-order valence-electron chi connectivity index (χ0n) is 45.6. The van der Waals surface area contributed by atoms with Gasteiger partial charge >= 0.3 is 0 Å². The molecule has 2 aliphatic carbocycles. The lowest BCUT2D eigenvalue weighted by Crippen LogP contribution is -2.61. The summed E-state index contributed by atoms with van der Waals surface area (Å²) in [4.78, 5) is 5.36. The first kappa shape index (κ1) is 46.9. The number of anilines is 6. The Morgan fingerprint density at radius 1 is 0.471 bits per heavy atom. The number of hydrogen-bond donors (Lipinski definition) is 0. The summed E-state index contributed by atoms with van der Waals surface area (Å²) >= 11 is 0. The maximum atomic E-state index is 7.82. The van der Waals surface area contributed by atoms with Crippen LogP contribution in [-0.4, -0.2) is 6.71 Å². The van der Waals surface area contributed by atoms with Crippen LogP contribution >= 0.6 is 0 Å². The molecule has 0 bridgehead atoms. The molecule has 0 amide bonds. The van der Waals surface area contributed by atoms with Crippen LogP contribution in [0.3, 0.4) is 0 Å². The van der Waals surface area contributed by atoms with Crippen molar-refractivity contribution in [3.63, 3.8) is 0 Å². The highest BCUT2D eigenvalue weighted by atomic mass is 16.3. The highest BCUT2D eigenvalue weighted by Gasteiger charge is 2.53. The van der Waals surface area contributed by atoms with Crippen LogP contribution in [-0.2, 0) is 37.9 Å². The summed E-state index contributed by atoms with van der Waals surface area (Å²) in [5.74, 6) is 1.16. The van der Waals surface area contributed by atoms with Crippen LogP contribution in [0.4, 0.5) is 34.1 Å². The standard InChI is InChI=1S/C66H77BN2O/c1-60(2,3)43-24-27-46(28-25-43)68-53-36-45(62(7,8)9)37-54-56(53)67(59-57(68)55-58(70-59)66(16,17)33-32-65(55,14)15)50-38-48-49(64(12,13)31-30-63(48,10)11)39-52(50)69(54)51-29-26-44(61(4,5)6)35-47(51)42-23-22-40-20-18-19-21-41(40)34-42/h18-29,34-39H,30-33H2,1-17H3. The minimum Gasteiger partial charge on any atom is -0.472 e. The number of benzene rings is 6. The van der Waals surface area contributed by atoms with E-state index in [-0.39, 0.29) is 44.6 Å². The lowest BCUT2D eigenvalue weighted by atomic mass is 9.34. The Morgan fingerprint density at radius 3 is 1.66 bits per heavy atom. The Labute approximate surface area is 421 Å². The van der Waals surface area contributed by atoms with Gasteiger partial charge in [-0.05, 0) is 162 Å². The van der Waals surface area contributed by atoms with Crippen LogP contribution in [0.25, 0.3) is 21.9 Å². The molecule has 3 nitrogen and oxygen atoms in total. The van der Waals surface area contributed by atoms with Gasteiger partial charge in [-0.25, -0.2) is 0 Å². The van der Waals surface area contributed by atoms with Crippen LogP contribution in [0.5, 0.6) is 0 Å². The van der Waals surface area contributed by atoms with E-state index < -0.39 is 0 Å². The van der Waals surface area contributed by atoms with Crippen molar-refractivity contribution >= 4 is 68.2 Å². The molecule has 4 heteroatoms. The largest absolute Gasteiger partial charge is 0.472 e. The first-order chi connectivity index (χ1) is 32.6. The van der Waals surface area contributed by atoms with Crippen molar-refractivity contribution in [2.45, 2.75) is 181 Å². The molecular formula is C66H77BN2O. The highest BCUT2D eigenvalue weighted by molar-refractivity contribution is 6.99. The minimum absolute atomic E-state index is 0.00702. The summed E-state index contributed by atoms with van der Waals surface area (Å²) in [6.07, 6.45) is 4.48. The van der Waals surface area contributed by atoms with Crippen molar-refractivity contribution in [2.24, 2.45) is 0 Å². The monoisotopic (exact) mass is 925 g/mol. The van der Waals surface area contributed by atoms with Crippen LogP contribution in [0.2, 0.25) is 0 Å². The molecule has 7 aromatic rings. The van der Waals surface area contributed by atoms with Crippen molar-refractivity contribution in [1.29, 1.82) is 0 Å². The fraction of sp³-hybridized carbons (Fsp3) is 0.424. The van der Waals surface area contributed by atoms with Gasteiger partial charge in [0.1, 0.15) is 5.76 Å². The van der Waals surface area contributed by atoms with E-state index in [2.05, 4.69) is 237 Å². The number of fused-ring (bicyclic) bond motifs is 8. The van der Waals surface area contributed by atoms with Gasteiger partial charge in [0.2, 0.25) is 0 Å². The molecule has 0 unspecified atom stereocenters. The van der Waals surface area contributed by atoms with Crippen molar-refractivity contribution in [2.75, 3.05) is 9.80 Å². The SMILES string of the molecule is CC(C)(C)c1ccc(N2c3cc(C(C)(C)C)cc4c3B(c3cc5c(cc3N4c3ccc(C(C)(C)C)cc3-c3ccc4ccccc4c3)C(C)(C)CCC5(C)C)c3oc4c(c32)C(C)(C)CCC4(C)C)cc1. The third-order valence-electron chi connectivity index (χ3n) is 17.5. The lowest BCUT2D eigenvalue weighted by Gasteiger charge is -2.47. The molecule has 0 spiro atoms. The van der Waals surface area contributed by atoms with Crippen LogP contribution < -0.4 is 26.4 Å². The third-order valence-corrected chi connectivity index (χ3v) is 17.5. The van der Waals surface area contributed by atoms with E-state index in [9.17, 15) is 0 Å². The maximum absolute atomic E-state index is 7.82. The average molecular weight is 925 g/mol. The van der Waals surface area contributed by atoms with Gasteiger partial charge in [0.25, 0.3) is 6.71 Å². The Bertz CT molecular complexity index is 3280. The molecule has 70 heavy (non-hydrogen) atoms. The number of nitrogens with zero attached hydrogens (tertiary/aromatic N) is 2. The van der Waals surface area contributed by atoms with E-state index in [0.717, 1.165) is 37.1 Å². The number of rotatable bonds is 3. The normalized spacial score (nSPS) is 18.5. The first-order valence-electron chi connectivity index (χ1n) is 26.5. The second-order valence-electron chi connectivity index (χ2n) is 27.6. The summed E-state index contributed by atoms with van der Waals surface area (Å²) in [7, 11) is 0. The molecule has 0 saturated heterocycles. The Balaban J connectivity index is 1.32. The summed E-state index contributed by atoms with van der Waals surface area (Å²) < 4.78 is 7.82. The van der Waals surface area contributed by atoms with E-state index in [4.69, 9.17) is 4.42 Å². The zero-order chi connectivity index (χ0) is 50.0. The minimum atomic E-state index is -0.148. The third kappa shape index (κ3) is 7.18. The number of hydrogen-bond acceptors (Lipinski definition) is 3. The van der Waals surface area contributed by atoms with E-state index >= 15 is 0 Å². The molecule has 0 radical (unpaired) electrons. The van der Waals surface area contributed by atoms with Gasteiger partial charge in [-0.2, -0.15) is 0 Å². The molecule has 360 valence electrons. The summed E-state index contributed by atoms with van der Waals surface area (Å²) in [6, 6.07) is 43.2. The molecule has 4 aliphatic rings. The molecular weight excluding hydrogens is 848 g/mol. The second-order valence-corrected chi connectivity index (χ2v) is 27.6. The number of furan rings is 1. The summed E-state index contributed by atoms with van der Waals surface area (Å²) in [6.45, 7) is 40.8. The fourth-order valence-corrected chi connectivity index (χ4v) is 12.7. The molecule has 3 heterocycles. The molecule has 1 aromatic heterocycles. The maximum Gasteiger partial charge on any atom is 0.297 e. The van der Waals surface area contributed by atoms with Crippen LogP contribution in [0, 0.1) is 0 Å². The van der Waals surface area contributed by atoms with E-state index in [1.54, 1.807) is 0 Å². The second kappa shape index (κ2) is 15.0. The molecule has 0 saturated carbocycles. The van der Waals surface area contributed by atoms with Crippen molar-refractivity contribution in [1.82, 2.24) is 0 Å². The Hall–Kier alpha value is -5.48. The Kier molecular flexibility index (Phi) is 10.1. The summed E-state index contributed by atoms with van der Waals surface area (Å²) in [5, 5.41) is 2.51. The topological polar surface area (TPSA) is 19.6 Å². The van der Waals surface area contributed by atoms with Gasteiger partial charge in [-0.15, -0.1) is 0 Å². The molecule has 0 N–H and O–H groups in total. The van der Waals surface area contributed by atoms with Gasteiger partial charge in [0, 0.05) is 39.3 Å². The van der Waals surface area contributed by atoms with Gasteiger partial charge in [0.15, 0.2) is 0 Å². The van der Waals surface area contributed by atoms with Gasteiger partial charge < -0.3 is 14.2 Å². The van der Waals surface area contributed by atoms with E-state index in [0.29, 0.717) is 0 Å². The summed E-state index contributed by atoms with van der Waals surface area (Å²) in [5.41, 5.74) is 21.6. The predicted molar refractivity (Wildman–Crippen MR) is 302 cm³/mol. The molecule has 0 fully saturated rings. The van der Waals surface area contributed by atoms with Crippen LogP contribution in [0.15, 0.2) is 114 Å². The fourth-order valence-electron chi connectivity index (χ4n) is 12.7. The molecule has 6 aromatic carbocycles. The van der Waals surface area contributed by atoms with Gasteiger partial charge in [0.05, 0.1) is 17.0 Å². The van der Waals surface area contributed by atoms with E-state index in [1.807, 2.05) is 0 Å². The van der Waals surface area contributed by atoms with E-state index in [1.165, 1.54) is 100 Å². The Morgan fingerprint density at radius 2 is 1.03 bits per heavy atom. The van der Waals surface area contributed by atoms with Crippen LogP contribution in [0.1, 0.15) is 183 Å². The zero-order valence-corrected chi connectivity index (χ0v) is 45.6. The van der Waals surface area contributed by atoms with Crippen molar-refractivity contribution in [3.8, 4) is 11.1 Å². The van der Waals surface area contributed by atoms with Gasteiger partial charge in [-0.3, -0.25) is 0 Å². The highest BCUT2D eigenvalue weighted by Crippen LogP contribution is 2.57. The van der Waals surface area contributed by atoms with Gasteiger partial charge in [-0.1, -0.05) is 178 Å². The smallest absolute Gasteiger partial charge is 0.297 e. The quantitative estimate of drug-likeness (QED) is 0.165. The lowest BCUT2D eigenvalue weighted by molar-refractivity contribution is 0.282. The van der Waals surface area contributed by atoms with Crippen molar-refractivity contribution in [3.05, 3.63) is 148 Å². The molecule has 2 aliphatic heterocycles. The average Bonchev–Trinajstić information content (AvgIpc) is 3.71.